The van der Waals surface area contributed by atoms with Crippen molar-refractivity contribution in [2.24, 2.45) is 0 Å². The number of anilines is 1. The summed E-state index contributed by atoms with van der Waals surface area (Å²) in [5.41, 5.74) is 5.80. The summed E-state index contributed by atoms with van der Waals surface area (Å²) in [6.45, 7) is 6.54. The van der Waals surface area contributed by atoms with Gasteiger partial charge in [0.15, 0.2) is 0 Å². The van der Waals surface area contributed by atoms with Gasteiger partial charge in [-0.15, -0.1) is 0 Å². The zero-order valence-corrected chi connectivity index (χ0v) is 21.9. The number of nitrogens with one attached hydrogen (secondary N) is 1. The number of rotatable bonds is 7. The third kappa shape index (κ3) is 5.76. The van der Waals surface area contributed by atoms with Crippen LogP contribution in [0.5, 0.6) is 11.6 Å². The number of nitro benzene ring substituents is 1. The Morgan fingerprint density at radius 2 is 1.79 bits per heavy atom. The lowest BCUT2D eigenvalue weighted by Gasteiger charge is -2.32. The second-order valence-corrected chi connectivity index (χ2v) is 10.3. The summed E-state index contributed by atoms with van der Waals surface area (Å²) in [6.07, 6.45) is 5.94. The van der Waals surface area contributed by atoms with E-state index in [1.165, 1.54) is 0 Å². The van der Waals surface area contributed by atoms with Crippen molar-refractivity contribution in [1.82, 2.24) is 14.9 Å². The topological polar surface area (TPSA) is 117 Å². The molecule has 9 heteroatoms. The first-order valence-corrected chi connectivity index (χ1v) is 13.2. The van der Waals surface area contributed by atoms with Gasteiger partial charge in [0.2, 0.25) is 11.8 Å². The molecule has 0 unspecified atom stereocenters. The molecule has 2 heterocycles. The van der Waals surface area contributed by atoms with Crippen LogP contribution in [0.15, 0.2) is 36.4 Å². The lowest BCUT2D eigenvalue weighted by molar-refractivity contribution is -0.384. The summed E-state index contributed by atoms with van der Waals surface area (Å²) in [5.74, 6) is 1.98. The predicted molar refractivity (Wildman–Crippen MR) is 144 cm³/mol. The highest BCUT2D eigenvalue weighted by molar-refractivity contribution is 5.50. The Morgan fingerprint density at radius 3 is 2.45 bits per heavy atom. The van der Waals surface area contributed by atoms with E-state index in [1.54, 1.807) is 12.1 Å². The molecule has 2 aromatic carbocycles. The maximum absolute atomic E-state index is 10.9. The molecule has 0 radical (unpaired) electrons. The number of non-ortho nitro benzene ring substituents is 1. The number of nitro groups is 1. The average Bonchev–Trinajstić information content (AvgIpc) is 2.92. The van der Waals surface area contributed by atoms with Gasteiger partial charge in [0.25, 0.3) is 5.69 Å². The molecule has 0 bridgehead atoms. The van der Waals surface area contributed by atoms with Gasteiger partial charge in [0.05, 0.1) is 22.2 Å². The quantitative estimate of drug-likeness (QED) is 0.320. The first-order chi connectivity index (χ1) is 18.4. The molecular formula is C29H32N6O3. The standard InChI is InChI=1S/C29H32N6O3/c1-19-15-22(17-30)16-20(2)27(19)38-28-25-5-3-4-6-26(25)32-29(33-28)31-23-11-13-34(14-12-23)18-21-7-9-24(10-8-21)35(36)37/h7-10,15-16,23H,3-6,11-14,18H2,1-2H3,(H,31,32,33). The van der Waals surface area contributed by atoms with Crippen LogP contribution in [0.3, 0.4) is 0 Å². The van der Waals surface area contributed by atoms with Crippen molar-refractivity contribution in [2.45, 2.75) is 65.0 Å². The van der Waals surface area contributed by atoms with Crippen LogP contribution in [0.25, 0.3) is 0 Å². The van der Waals surface area contributed by atoms with E-state index in [-0.39, 0.29) is 16.7 Å². The van der Waals surface area contributed by atoms with Crippen LogP contribution in [-0.2, 0) is 19.4 Å². The lowest BCUT2D eigenvalue weighted by Crippen LogP contribution is -2.39. The van der Waals surface area contributed by atoms with E-state index in [4.69, 9.17) is 14.7 Å². The number of ether oxygens (including phenoxy) is 1. The van der Waals surface area contributed by atoms with Crippen molar-refractivity contribution in [3.8, 4) is 17.7 Å². The Labute approximate surface area is 222 Å². The third-order valence-electron chi connectivity index (χ3n) is 7.41. The van der Waals surface area contributed by atoms with Gasteiger partial charge in [-0.25, -0.2) is 4.98 Å². The molecule has 1 N–H and O–H groups in total. The summed E-state index contributed by atoms with van der Waals surface area (Å²) in [6, 6.07) is 13.0. The molecule has 1 aliphatic heterocycles. The van der Waals surface area contributed by atoms with Gasteiger partial charge in [0.1, 0.15) is 5.75 Å². The SMILES string of the molecule is Cc1cc(C#N)cc(C)c1Oc1nc(NC2CCN(Cc3ccc([N+](=O)[O-])cc3)CC2)nc2c1CCCC2. The molecular weight excluding hydrogens is 480 g/mol. The van der Waals surface area contributed by atoms with Crippen LogP contribution < -0.4 is 10.1 Å². The number of hydrogen-bond donors (Lipinski definition) is 1. The number of piperidine rings is 1. The molecule has 0 atom stereocenters. The van der Waals surface area contributed by atoms with E-state index in [9.17, 15) is 15.4 Å². The summed E-state index contributed by atoms with van der Waals surface area (Å²) in [7, 11) is 0. The number of nitrogens with zero attached hydrogens (tertiary/aromatic N) is 5. The van der Waals surface area contributed by atoms with Crippen LogP contribution in [0.1, 0.15) is 59.2 Å². The fraction of sp³-hybridized carbons (Fsp3) is 0.414. The minimum Gasteiger partial charge on any atom is -0.438 e. The Kier molecular flexibility index (Phi) is 7.52. The number of fused-ring (bicyclic) bond motifs is 1. The normalized spacial score (nSPS) is 15.9. The minimum absolute atomic E-state index is 0.120. The van der Waals surface area contributed by atoms with Crippen LogP contribution in [0.4, 0.5) is 11.6 Å². The lowest BCUT2D eigenvalue weighted by atomic mass is 9.97. The number of nitriles is 1. The molecule has 1 saturated heterocycles. The number of benzene rings is 2. The Bertz CT molecular complexity index is 1350. The summed E-state index contributed by atoms with van der Waals surface area (Å²) < 4.78 is 6.42. The van der Waals surface area contributed by atoms with Crippen molar-refractivity contribution in [2.75, 3.05) is 18.4 Å². The third-order valence-corrected chi connectivity index (χ3v) is 7.41. The highest BCUT2D eigenvalue weighted by Gasteiger charge is 2.24. The van der Waals surface area contributed by atoms with Gasteiger partial charge < -0.3 is 10.1 Å². The summed E-state index contributed by atoms with van der Waals surface area (Å²) in [4.78, 5) is 22.6. The molecule has 0 spiro atoms. The van der Waals surface area contributed by atoms with Crippen molar-refractivity contribution in [3.05, 3.63) is 80.0 Å². The van der Waals surface area contributed by atoms with E-state index < -0.39 is 0 Å². The summed E-state index contributed by atoms with van der Waals surface area (Å²) >= 11 is 0. The number of hydrogen-bond acceptors (Lipinski definition) is 8. The Hall–Kier alpha value is -4.03. The predicted octanol–water partition coefficient (Wildman–Crippen LogP) is 5.62. The second kappa shape index (κ2) is 11.2. The van der Waals surface area contributed by atoms with E-state index in [2.05, 4.69) is 16.3 Å². The smallest absolute Gasteiger partial charge is 0.269 e. The van der Waals surface area contributed by atoms with Crippen LogP contribution in [0, 0.1) is 35.3 Å². The van der Waals surface area contributed by atoms with Gasteiger partial charge in [-0.2, -0.15) is 10.2 Å². The van der Waals surface area contributed by atoms with Crippen molar-refractivity contribution < 1.29 is 9.66 Å². The highest BCUT2D eigenvalue weighted by Crippen LogP contribution is 2.35. The van der Waals surface area contributed by atoms with Crippen molar-refractivity contribution in [1.29, 1.82) is 5.26 Å². The Morgan fingerprint density at radius 1 is 1.11 bits per heavy atom. The fourth-order valence-electron chi connectivity index (χ4n) is 5.38. The monoisotopic (exact) mass is 512 g/mol. The number of aryl methyl sites for hydroxylation is 3. The van der Waals surface area contributed by atoms with Crippen LogP contribution in [-0.4, -0.2) is 38.9 Å². The fourth-order valence-corrected chi connectivity index (χ4v) is 5.38. The van der Waals surface area contributed by atoms with E-state index in [0.717, 1.165) is 91.9 Å². The molecule has 3 aromatic rings. The number of likely N-dealkylation sites (tertiary alicyclic amines) is 1. The van der Waals surface area contributed by atoms with Crippen molar-refractivity contribution >= 4 is 11.6 Å². The largest absolute Gasteiger partial charge is 0.438 e. The van der Waals surface area contributed by atoms with Gasteiger partial charge in [-0.05, 0) is 81.2 Å². The van der Waals surface area contributed by atoms with E-state index in [1.807, 2.05) is 38.1 Å². The van der Waals surface area contributed by atoms with E-state index in [0.29, 0.717) is 17.4 Å². The average molecular weight is 513 g/mol. The molecule has 0 amide bonds. The zero-order chi connectivity index (χ0) is 26.6. The van der Waals surface area contributed by atoms with Gasteiger partial charge in [-0.3, -0.25) is 15.0 Å². The molecule has 1 fully saturated rings. The molecule has 9 nitrogen and oxygen atoms in total. The van der Waals surface area contributed by atoms with Crippen LogP contribution in [0.2, 0.25) is 0 Å². The first kappa shape index (κ1) is 25.6. The molecule has 5 rings (SSSR count). The first-order valence-electron chi connectivity index (χ1n) is 13.2. The molecule has 1 aliphatic carbocycles. The van der Waals surface area contributed by atoms with Crippen LogP contribution >= 0.6 is 0 Å². The molecule has 38 heavy (non-hydrogen) atoms. The Balaban J connectivity index is 1.27. The van der Waals surface area contributed by atoms with Crippen molar-refractivity contribution in [3.63, 3.8) is 0 Å². The molecule has 1 aromatic heterocycles. The zero-order valence-electron chi connectivity index (χ0n) is 21.9. The minimum atomic E-state index is -0.368. The number of aromatic nitrogens is 2. The highest BCUT2D eigenvalue weighted by atomic mass is 16.6. The van der Waals surface area contributed by atoms with E-state index >= 15 is 0 Å². The maximum atomic E-state index is 10.9. The maximum Gasteiger partial charge on any atom is 0.269 e. The summed E-state index contributed by atoms with van der Waals surface area (Å²) in [5, 5.41) is 23.7. The molecule has 2 aliphatic rings. The van der Waals surface area contributed by atoms with Gasteiger partial charge >= 0.3 is 0 Å². The molecule has 196 valence electrons. The van der Waals surface area contributed by atoms with Gasteiger partial charge in [0, 0.05) is 43.4 Å². The second-order valence-electron chi connectivity index (χ2n) is 10.3. The van der Waals surface area contributed by atoms with Gasteiger partial charge in [-0.1, -0.05) is 12.1 Å². The molecule has 0 saturated carbocycles.